The van der Waals surface area contributed by atoms with Gasteiger partial charge in [0.1, 0.15) is 18.2 Å². The van der Waals surface area contributed by atoms with Crippen LogP contribution >= 0.6 is 0 Å². The Bertz CT molecular complexity index is 266. The predicted octanol–water partition coefficient (Wildman–Crippen LogP) is 0.0789. The summed E-state index contributed by atoms with van der Waals surface area (Å²) in [7, 11) is 0. The standard InChI is InChI=1S/C6H3N3O3/c7-1-2-11-6(10)12-5(3-8)4-9/h5H,2H2. The molecule has 12 heavy (non-hydrogen) atoms. The first-order chi connectivity index (χ1) is 5.74. The summed E-state index contributed by atoms with van der Waals surface area (Å²) in [5.41, 5.74) is 0. The van der Waals surface area contributed by atoms with Gasteiger partial charge in [0.25, 0.3) is 6.10 Å². The Kier molecular flexibility index (Phi) is 4.48. The van der Waals surface area contributed by atoms with Crippen LogP contribution in [-0.2, 0) is 9.47 Å². The average Bonchev–Trinajstić information content (AvgIpc) is 2.10. The minimum atomic E-state index is -1.49. The number of hydrogen-bond acceptors (Lipinski definition) is 6. The van der Waals surface area contributed by atoms with Gasteiger partial charge >= 0.3 is 6.16 Å². The molecule has 0 N–H and O–H groups in total. The van der Waals surface area contributed by atoms with Gasteiger partial charge in [-0.15, -0.1) is 0 Å². The molecule has 0 atom stereocenters. The average molecular weight is 165 g/mol. The lowest BCUT2D eigenvalue weighted by Crippen LogP contribution is -2.15. The second-order valence-electron chi connectivity index (χ2n) is 1.45. The molecule has 0 saturated heterocycles. The van der Waals surface area contributed by atoms with E-state index in [1.54, 1.807) is 0 Å². The molecule has 0 aromatic rings. The number of carbonyl (C=O) groups excluding carboxylic acids is 1. The first-order valence-electron chi connectivity index (χ1n) is 2.74. The van der Waals surface area contributed by atoms with Crippen LogP contribution in [0.25, 0.3) is 0 Å². The fourth-order valence-corrected chi connectivity index (χ4v) is 0.303. The number of nitrogens with zero attached hydrogens (tertiary/aromatic N) is 3. The van der Waals surface area contributed by atoms with Gasteiger partial charge in [0.15, 0.2) is 6.61 Å². The van der Waals surface area contributed by atoms with Gasteiger partial charge in [-0.3, -0.25) is 0 Å². The van der Waals surface area contributed by atoms with Gasteiger partial charge in [0.05, 0.1) is 0 Å². The van der Waals surface area contributed by atoms with Crippen molar-refractivity contribution in [2.75, 3.05) is 6.61 Å². The van der Waals surface area contributed by atoms with Crippen molar-refractivity contribution in [3.8, 4) is 18.2 Å². The van der Waals surface area contributed by atoms with Crippen molar-refractivity contribution in [1.29, 1.82) is 15.8 Å². The molecule has 0 saturated carbocycles. The summed E-state index contributed by atoms with van der Waals surface area (Å²) < 4.78 is 8.22. The first kappa shape index (κ1) is 9.74. The molecule has 60 valence electrons. The van der Waals surface area contributed by atoms with Crippen LogP contribution in [0.4, 0.5) is 4.79 Å². The van der Waals surface area contributed by atoms with Crippen molar-refractivity contribution in [3.05, 3.63) is 0 Å². The van der Waals surface area contributed by atoms with Crippen molar-refractivity contribution >= 4 is 6.16 Å². The molecular weight excluding hydrogens is 162 g/mol. The van der Waals surface area contributed by atoms with Crippen LogP contribution in [0.2, 0.25) is 0 Å². The van der Waals surface area contributed by atoms with Gasteiger partial charge in [0, 0.05) is 0 Å². The second-order valence-corrected chi connectivity index (χ2v) is 1.45. The molecule has 0 unspecified atom stereocenters. The SMILES string of the molecule is N#CCOC(=O)OC(C#N)C#N. The smallest absolute Gasteiger partial charge is 0.419 e. The predicted molar refractivity (Wildman–Crippen MR) is 33.1 cm³/mol. The number of hydrogen-bond donors (Lipinski definition) is 0. The molecule has 6 heteroatoms. The van der Waals surface area contributed by atoms with Gasteiger partial charge in [-0.2, -0.15) is 15.8 Å². The van der Waals surface area contributed by atoms with Crippen LogP contribution < -0.4 is 0 Å². The largest absolute Gasteiger partial charge is 0.511 e. The van der Waals surface area contributed by atoms with Crippen LogP contribution in [0.1, 0.15) is 0 Å². The normalized spacial score (nSPS) is 7.50. The van der Waals surface area contributed by atoms with E-state index >= 15 is 0 Å². The van der Waals surface area contributed by atoms with Crippen LogP contribution in [0, 0.1) is 34.0 Å². The monoisotopic (exact) mass is 165 g/mol. The van der Waals surface area contributed by atoms with Crippen LogP contribution in [-0.4, -0.2) is 18.9 Å². The van der Waals surface area contributed by atoms with Gasteiger partial charge < -0.3 is 9.47 Å². The third-order valence-corrected chi connectivity index (χ3v) is 0.703. The molecule has 0 heterocycles. The Morgan fingerprint density at radius 1 is 1.33 bits per heavy atom. The van der Waals surface area contributed by atoms with E-state index in [0.717, 1.165) is 0 Å². The summed E-state index contributed by atoms with van der Waals surface area (Å²) in [6, 6.07) is 4.30. The highest BCUT2D eigenvalue weighted by Crippen LogP contribution is 1.91. The third-order valence-electron chi connectivity index (χ3n) is 0.703. The highest BCUT2D eigenvalue weighted by molar-refractivity contribution is 5.61. The van der Waals surface area contributed by atoms with Gasteiger partial charge in [-0.05, 0) is 0 Å². The summed E-state index contributed by atoms with van der Waals surface area (Å²) in [4.78, 5) is 10.4. The Morgan fingerprint density at radius 2 is 1.92 bits per heavy atom. The number of rotatable bonds is 2. The van der Waals surface area contributed by atoms with Crippen molar-refractivity contribution in [2.24, 2.45) is 0 Å². The van der Waals surface area contributed by atoms with E-state index in [1.165, 1.54) is 18.2 Å². The van der Waals surface area contributed by atoms with Gasteiger partial charge in [0.2, 0.25) is 0 Å². The lowest BCUT2D eigenvalue weighted by Gasteiger charge is -2.01. The molecule has 6 nitrogen and oxygen atoms in total. The molecule has 0 aliphatic heterocycles. The minimum Gasteiger partial charge on any atom is -0.419 e. The molecule has 0 fully saturated rings. The molecule has 0 radical (unpaired) electrons. The summed E-state index contributed by atoms with van der Waals surface area (Å²) in [6.45, 7) is -0.470. The first-order valence-corrected chi connectivity index (χ1v) is 2.74. The van der Waals surface area contributed by atoms with Crippen molar-refractivity contribution in [3.63, 3.8) is 0 Å². The summed E-state index contributed by atoms with van der Waals surface area (Å²) in [5.74, 6) is 0. The fraction of sp³-hybridized carbons (Fsp3) is 0.333. The van der Waals surface area contributed by atoms with E-state index < -0.39 is 18.9 Å². The lowest BCUT2D eigenvalue weighted by molar-refractivity contribution is 0.0601. The van der Waals surface area contributed by atoms with Crippen molar-refractivity contribution in [1.82, 2.24) is 0 Å². The maximum absolute atomic E-state index is 10.4. The van der Waals surface area contributed by atoms with Crippen LogP contribution in [0.15, 0.2) is 0 Å². The number of ether oxygens (including phenoxy) is 2. The Labute approximate surface area is 68.1 Å². The molecule has 0 aromatic carbocycles. The molecule has 0 rings (SSSR count). The summed E-state index contributed by atoms with van der Waals surface area (Å²) in [6.07, 6.45) is -2.69. The third kappa shape index (κ3) is 3.71. The van der Waals surface area contributed by atoms with E-state index in [2.05, 4.69) is 9.47 Å². The Hall–Kier alpha value is -2.26. The highest BCUT2D eigenvalue weighted by atomic mass is 16.7. The zero-order valence-corrected chi connectivity index (χ0v) is 5.85. The summed E-state index contributed by atoms with van der Waals surface area (Å²) in [5, 5.41) is 24.2. The van der Waals surface area contributed by atoms with E-state index in [-0.39, 0.29) is 0 Å². The molecule has 0 amide bonds. The van der Waals surface area contributed by atoms with Crippen LogP contribution in [0.3, 0.4) is 0 Å². The van der Waals surface area contributed by atoms with Gasteiger partial charge in [-0.1, -0.05) is 0 Å². The second kappa shape index (κ2) is 5.52. The van der Waals surface area contributed by atoms with Gasteiger partial charge in [-0.25, -0.2) is 4.79 Å². The number of carbonyl (C=O) groups is 1. The Balaban J connectivity index is 3.80. The highest BCUT2D eigenvalue weighted by Gasteiger charge is 2.12. The topological polar surface area (TPSA) is 107 Å². The maximum atomic E-state index is 10.4. The maximum Gasteiger partial charge on any atom is 0.511 e. The molecule has 0 aliphatic rings. The van der Waals surface area contributed by atoms with Crippen LogP contribution in [0.5, 0.6) is 0 Å². The van der Waals surface area contributed by atoms with E-state index in [9.17, 15) is 4.79 Å². The fourth-order valence-electron chi connectivity index (χ4n) is 0.303. The Morgan fingerprint density at radius 3 is 2.33 bits per heavy atom. The molecule has 0 bridgehead atoms. The molecule has 0 aromatic heterocycles. The zero-order chi connectivity index (χ0) is 9.40. The quantitative estimate of drug-likeness (QED) is 0.536. The van der Waals surface area contributed by atoms with Crippen molar-refractivity contribution in [2.45, 2.75) is 6.10 Å². The summed E-state index contributed by atoms with van der Waals surface area (Å²) >= 11 is 0. The van der Waals surface area contributed by atoms with E-state index in [4.69, 9.17) is 15.8 Å². The van der Waals surface area contributed by atoms with E-state index in [1.807, 2.05) is 0 Å². The zero-order valence-electron chi connectivity index (χ0n) is 5.85. The minimum absolute atomic E-state index is 0.470. The molecular formula is C6H3N3O3. The molecule has 0 aliphatic carbocycles. The number of nitriles is 3. The molecule has 0 spiro atoms. The van der Waals surface area contributed by atoms with Crippen molar-refractivity contribution < 1.29 is 14.3 Å². The van der Waals surface area contributed by atoms with E-state index in [0.29, 0.717) is 0 Å². The lowest BCUT2D eigenvalue weighted by atomic mass is 10.4.